The lowest BCUT2D eigenvalue weighted by Gasteiger charge is -2.16. The first kappa shape index (κ1) is 9.35. The van der Waals surface area contributed by atoms with Crippen molar-refractivity contribution < 1.29 is 0 Å². The van der Waals surface area contributed by atoms with E-state index in [1.165, 1.54) is 0 Å². The topological polar surface area (TPSA) is 0 Å². The molecule has 0 N–H and O–H groups in total. The van der Waals surface area contributed by atoms with Gasteiger partial charge in [-0.3, -0.25) is 0 Å². The zero-order valence-corrected chi connectivity index (χ0v) is 7.96. The summed E-state index contributed by atoms with van der Waals surface area (Å²) in [6.45, 7) is 11.4. The molecule has 0 fully saturated rings. The van der Waals surface area contributed by atoms with Gasteiger partial charge in [0.2, 0.25) is 0 Å². The monoisotopic (exact) mass is 146 g/mol. The second-order valence-corrected chi connectivity index (χ2v) is 5.09. The molecule has 0 bridgehead atoms. The molecule has 0 aromatic heterocycles. The molecule has 0 aliphatic carbocycles. The highest BCUT2D eigenvalue weighted by molar-refractivity contribution is 8.00. The second kappa shape index (κ2) is 4.21. The van der Waals surface area contributed by atoms with Crippen molar-refractivity contribution in [2.24, 2.45) is 5.92 Å². The molecule has 0 saturated heterocycles. The molecule has 0 aliphatic rings. The van der Waals surface area contributed by atoms with Crippen molar-refractivity contribution in [3.8, 4) is 0 Å². The fourth-order valence-corrected chi connectivity index (χ4v) is 1.76. The van der Waals surface area contributed by atoms with Gasteiger partial charge >= 0.3 is 0 Å². The molecule has 0 radical (unpaired) electrons. The molecular weight excluding hydrogens is 128 g/mol. The Morgan fingerprint density at radius 2 is 1.33 bits per heavy atom. The minimum absolute atomic E-state index is 0.780. The van der Waals surface area contributed by atoms with Crippen LogP contribution in [0, 0.1) is 5.92 Å². The molecular formula is C8H18S. The number of thioether (sulfide) groups is 1. The molecule has 1 heteroatoms. The van der Waals surface area contributed by atoms with Crippen molar-refractivity contribution in [3.63, 3.8) is 0 Å². The first-order valence-electron chi connectivity index (χ1n) is 3.69. The van der Waals surface area contributed by atoms with Gasteiger partial charge in [-0.1, -0.05) is 34.6 Å². The summed E-state index contributed by atoms with van der Waals surface area (Å²) in [5.74, 6) is 0.817. The third kappa shape index (κ3) is 4.83. The Bertz CT molecular complexity index is 67.0. The van der Waals surface area contributed by atoms with E-state index in [-0.39, 0.29) is 0 Å². The Balaban J connectivity index is 3.38. The molecule has 0 aromatic rings. The van der Waals surface area contributed by atoms with Crippen LogP contribution in [0.4, 0.5) is 0 Å². The Hall–Kier alpha value is 0.350. The quantitative estimate of drug-likeness (QED) is 0.589. The minimum Gasteiger partial charge on any atom is -0.156 e. The third-order valence-corrected chi connectivity index (χ3v) is 2.94. The van der Waals surface area contributed by atoms with Crippen LogP contribution in [-0.4, -0.2) is 10.5 Å². The van der Waals surface area contributed by atoms with Gasteiger partial charge in [-0.05, 0) is 11.2 Å². The van der Waals surface area contributed by atoms with Gasteiger partial charge in [0.1, 0.15) is 0 Å². The smallest absolute Gasteiger partial charge is 0.00443 e. The molecule has 0 aliphatic heterocycles. The average Bonchev–Trinajstić information content (AvgIpc) is 1.63. The standard InChI is InChI=1S/C8H18S/c1-6(2)8(5)9-7(3)4/h6-8H,1-5H3/t8-/m1/s1. The molecule has 0 saturated carbocycles. The molecule has 1 atom stereocenters. The van der Waals surface area contributed by atoms with Crippen LogP contribution in [0.1, 0.15) is 34.6 Å². The van der Waals surface area contributed by atoms with E-state index >= 15 is 0 Å². The Labute approximate surface area is 63.4 Å². The first-order valence-corrected chi connectivity index (χ1v) is 4.63. The highest BCUT2D eigenvalue weighted by Gasteiger charge is 2.08. The summed E-state index contributed by atoms with van der Waals surface area (Å²) < 4.78 is 0. The van der Waals surface area contributed by atoms with Gasteiger partial charge in [-0.15, -0.1) is 0 Å². The van der Waals surface area contributed by atoms with Crippen molar-refractivity contribution in [2.75, 3.05) is 0 Å². The summed E-state index contributed by atoms with van der Waals surface area (Å²) in [6, 6.07) is 0. The van der Waals surface area contributed by atoms with Gasteiger partial charge < -0.3 is 0 Å². The molecule has 0 rings (SSSR count). The van der Waals surface area contributed by atoms with Crippen molar-refractivity contribution in [1.29, 1.82) is 0 Å². The van der Waals surface area contributed by atoms with E-state index in [4.69, 9.17) is 0 Å². The van der Waals surface area contributed by atoms with Crippen LogP contribution in [0.2, 0.25) is 0 Å². The lowest BCUT2D eigenvalue weighted by atomic mass is 10.2. The predicted octanol–water partition coefficient (Wildman–Crippen LogP) is 3.17. The van der Waals surface area contributed by atoms with Gasteiger partial charge in [0.05, 0.1) is 0 Å². The van der Waals surface area contributed by atoms with Crippen molar-refractivity contribution in [2.45, 2.75) is 45.1 Å². The maximum Gasteiger partial charge on any atom is 0.00443 e. The van der Waals surface area contributed by atoms with E-state index in [2.05, 4.69) is 46.4 Å². The Morgan fingerprint density at radius 1 is 0.889 bits per heavy atom. The fourth-order valence-electron chi connectivity index (χ4n) is 0.586. The first-order chi connectivity index (χ1) is 4.04. The molecule has 0 nitrogen and oxygen atoms in total. The van der Waals surface area contributed by atoms with Gasteiger partial charge in [-0.2, -0.15) is 11.8 Å². The van der Waals surface area contributed by atoms with Crippen molar-refractivity contribution >= 4 is 11.8 Å². The van der Waals surface area contributed by atoms with Crippen LogP contribution in [-0.2, 0) is 0 Å². The summed E-state index contributed by atoms with van der Waals surface area (Å²) in [5, 5.41) is 1.59. The average molecular weight is 146 g/mol. The van der Waals surface area contributed by atoms with Crippen LogP contribution < -0.4 is 0 Å². The van der Waals surface area contributed by atoms with Crippen LogP contribution in [0.15, 0.2) is 0 Å². The van der Waals surface area contributed by atoms with Gasteiger partial charge in [0, 0.05) is 5.25 Å². The maximum absolute atomic E-state index is 2.30. The molecule has 0 heterocycles. The largest absolute Gasteiger partial charge is 0.156 e. The van der Waals surface area contributed by atoms with E-state index in [1.807, 2.05) is 0 Å². The highest BCUT2D eigenvalue weighted by Crippen LogP contribution is 2.22. The summed E-state index contributed by atoms with van der Waals surface area (Å²) >= 11 is 2.06. The van der Waals surface area contributed by atoms with E-state index in [0.29, 0.717) is 0 Å². The zero-order chi connectivity index (χ0) is 7.44. The lowest BCUT2D eigenvalue weighted by Crippen LogP contribution is -2.08. The lowest BCUT2D eigenvalue weighted by molar-refractivity contribution is 0.640. The predicted molar refractivity (Wildman–Crippen MR) is 47.0 cm³/mol. The van der Waals surface area contributed by atoms with Crippen molar-refractivity contribution in [1.82, 2.24) is 0 Å². The van der Waals surface area contributed by atoms with Gasteiger partial charge in [-0.25, -0.2) is 0 Å². The van der Waals surface area contributed by atoms with Gasteiger partial charge in [0.25, 0.3) is 0 Å². The van der Waals surface area contributed by atoms with Crippen LogP contribution in [0.3, 0.4) is 0 Å². The normalized spacial score (nSPS) is 15.0. The summed E-state index contributed by atoms with van der Waals surface area (Å²) in [6.07, 6.45) is 0. The SMILES string of the molecule is CC(C)S[C@H](C)C(C)C. The number of rotatable bonds is 3. The molecule has 0 unspecified atom stereocenters. The molecule has 9 heavy (non-hydrogen) atoms. The van der Waals surface area contributed by atoms with E-state index in [1.54, 1.807) is 0 Å². The molecule has 56 valence electrons. The number of hydrogen-bond donors (Lipinski definition) is 0. The van der Waals surface area contributed by atoms with E-state index in [9.17, 15) is 0 Å². The summed E-state index contributed by atoms with van der Waals surface area (Å²) in [7, 11) is 0. The summed E-state index contributed by atoms with van der Waals surface area (Å²) in [4.78, 5) is 0. The van der Waals surface area contributed by atoms with Crippen LogP contribution in [0.25, 0.3) is 0 Å². The van der Waals surface area contributed by atoms with Crippen LogP contribution >= 0.6 is 11.8 Å². The highest BCUT2D eigenvalue weighted by atomic mass is 32.2. The second-order valence-electron chi connectivity index (χ2n) is 3.13. The molecule has 0 amide bonds. The van der Waals surface area contributed by atoms with E-state index < -0.39 is 0 Å². The zero-order valence-electron chi connectivity index (χ0n) is 7.14. The Morgan fingerprint density at radius 3 is 1.44 bits per heavy atom. The minimum atomic E-state index is 0.780. The summed E-state index contributed by atoms with van der Waals surface area (Å²) in [5.41, 5.74) is 0. The molecule has 0 aromatic carbocycles. The Kier molecular flexibility index (Phi) is 4.37. The van der Waals surface area contributed by atoms with E-state index in [0.717, 1.165) is 16.4 Å². The number of hydrogen-bond acceptors (Lipinski definition) is 1. The van der Waals surface area contributed by atoms with Gasteiger partial charge in [0.15, 0.2) is 0 Å². The van der Waals surface area contributed by atoms with Crippen LogP contribution in [0.5, 0.6) is 0 Å². The maximum atomic E-state index is 2.30. The fraction of sp³-hybridized carbons (Fsp3) is 1.00. The molecule has 0 spiro atoms. The third-order valence-electron chi connectivity index (χ3n) is 1.43. The van der Waals surface area contributed by atoms with Crippen molar-refractivity contribution in [3.05, 3.63) is 0 Å².